The maximum absolute atomic E-state index is 4.85. The van der Waals surface area contributed by atoms with Gasteiger partial charge >= 0.3 is 0 Å². The van der Waals surface area contributed by atoms with Crippen LogP contribution in [0.4, 0.5) is 0 Å². The van der Waals surface area contributed by atoms with Crippen LogP contribution in [0.5, 0.6) is 0 Å². The summed E-state index contributed by atoms with van der Waals surface area (Å²) in [6.45, 7) is 13.2. The molecule has 52 heavy (non-hydrogen) atoms. The normalized spacial score (nSPS) is 12.0. The Morgan fingerprint density at radius 3 is 1.10 bits per heavy atom. The van der Waals surface area contributed by atoms with E-state index < -0.39 is 0 Å². The molecule has 0 aromatic heterocycles. The molecule has 256 valence electrons. The fraction of sp³-hybridized carbons (Fsp3) is 0.167. The molecule has 0 spiro atoms. The zero-order valence-corrected chi connectivity index (χ0v) is 30.8. The van der Waals surface area contributed by atoms with Gasteiger partial charge in [0.15, 0.2) is 0 Å². The van der Waals surface area contributed by atoms with Gasteiger partial charge in [0.1, 0.15) is 0 Å². The number of aromatic nitrogens is 4. The highest BCUT2D eigenvalue weighted by molar-refractivity contribution is 5.98. The van der Waals surface area contributed by atoms with Crippen LogP contribution in [0.2, 0.25) is 0 Å². The lowest BCUT2D eigenvalue weighted by Gasteiger charge is -2.30. The number of fused-ring (bicyclic) bond motifs is 6. The van der Waals surface area contributed by atoms with E-state index in [0.29, 0.717) is 0 Å². The molecular formula is C48H44N4. The number of rotatable bonds is 6. The van der Waals surface area contributed by atoms with Crippen molar-refractivity contribution in [2.75, 3.05) is 0 Å². The van der Waals surface area contributed by atoms with Crippen molar-refractivity contribution in [3.05, 3.63) is 181 Å². The second kappa shape index (κ2) is 13.0. The highest BCUT2D eigenvalue weighted by Gasteiger charge is 2.27. The van der Waals surface area contributed by atoms with Gasteiger partial charge in [-0.15, -0.1) is 0 Å². The third kappa shape index (κ3) is 5.65. The van der Waals surface area contributed by atoms with Crippen LogP contribution in [0.15, 0.2) is 158 Å². The van der Waals surface area contributed by atoms with E-state index in [1.54, 1.807) is 0 Å². The summed E-state index contributed by atoms with van der Waals surface area (Å²) in [5.41, 5.74) is 13.6. The van der Waals surface area contributed by atoms with E-state index in [2.05, 4.69) is 183 Å². The van der Waals surface area contributed by atoms with Crippen LogP contribution in [0.3, 0.4) is 0 Å². The number of para-hydroxylation sites is 2. The standard InChI is InChI=1S/C46H38N4.C2H6/c1-45(2,33-17-21-35(22-18-33)49-27-25-39-37-9-5-7-11-41(37)47-43(39)29-49)31-13-15-32(16-14-31)46(3,4)34-19-23-36(24-20-34)50-28-26-40-38-10-6-8-12-42(38)48-44(40)30-50;1-2/h5-30H,1-4H3;1-2H3. The second-order valence-electron chi connectivity index (χ2n) is 14.5. The molecule has 4 aliphatic heterocycles. The number of hydrogen-bond acceptors (Lipinski definition) is 2. The highest BCUT2D eigenvalue weighted by atomic mass is 15.0. The number of nitrogens with zero attached hydrogens (tertiary/aromatic N) is 4. The molecule has 9 rings (SSSR count). The molecule has 4 nitrogen and oxygen atoms in total. The Kier molecular flexibility index (Phi) is 8.26. The SMILES string of the molecule is CC.CC(C)(c1ccc(-n2ccc3c4ccccc4nc-3c2)cc1)c1ccc(C(C)(C)c2ccc(-n3ccc4c5ccccc5nc-4c3)cc2)cc1. The van der Waals surface area contributed by atoms with Gasteiger partial charge in [0.05, 0.1) is 22.4 Å². The van der Waals surface area contributed by atoms with Gasteiger partial charge in [-0.1, -0.05) is 126 Å². The van der Waals surface area contributed by atoms with Crippen molar-refractivity contribution in [1.82, 2.24) is 19.1 Å². The van der Waals surface area contributed by atoms with Crippen LogP contribution < -0.4 is 0 Å². The fourth-order valence-corrected chi connectivity index (χ4v) is 7.52. The van der Waals surface area contributed by atoms with Crippen LogP contribution in [0.25, 0.3) is 55.7 Å². The van der Waals surface area contributed by atoms with Gasteiger partial charge in [0.25, 0.3) is 0 Å². The molecular weight excluding hydrogens is 633 g/mol. The van der Waals surface area contributed by atoms with Gasteiger partial charge in [0.2, 0.25) is 0 Å². The smallest absolute Gasteiger partial charge is 0.0882 e. The van der Waals surface area contributed by atoms with Crippen molar-refractivity contribution in [3.63, 3.8) is 0 Å². The van der Waals surface area contributed by atoms with Gasteiger partial charge < -0.3 is 9.13 Å². The van der Waals surface area contributed by atoms with Crippen molar-refractivity contribution in [2.45, 2.75) is 52.4 Å². The van der Waals surface area contributed by atoms with E-state index in [4.69, 9.17) is 9.97 Å². The van der Waals surface area contributed by atoms with E-state index in [1.807, 2.05) is 26.0 Å². The lowest BCUT2D eigenvalue weighted by Crippen LogP contribution is -2.21. The van der Waals surface area contributed by atoms with Gasteiger partial charge in [-0.3, -0.25) is 0 Å². The summed E-state index contributed by atoms with van der Waals surface area (Å²) >= 11 is 0. The maximum atomic E-state index is 4.85. The van der Waals surface area contributed by atoms with Crippen molar-refractivity contribution >= 4 is 21.8 Å². The van der Waals surface area contributed by atoms with Crippen LogP contribution in [-0.4, -0.2) is 19.1 Å². The summed E-state index contributed by atoms with van der Waals surface area (Å²) in [4.78, 5) is 9.70. The molecule has 0 unspecified atom stereocenters. The first-order valence-electron chi connectivity index (χ1n) is 18.3. The fourth-order valence-electron chi connectivity index (χ4n) is 7.52. The molecule has 0 atom stereocenters. The van der Waals surface area contributed by atoms with Gasteiger partial charge in [-0.2, -0.15) is 0 Å². The average Bonchev–Trinajstić information content (AvgIpc) is 3.76. The third-order valence-electron chi connectivity index (χ3n) is 10.9. The molecule has 5 aromatic rings. The number of pyridine rings is 2. The first-order valence-corrected chi connectivity index (χ1v) is 18.3. The van der Waals surface area contributed by atoms with Crippen LogP contribution in [-0.2, 0) is 10.8 Å². The lowest BCUT2D eigenvalue weighted by molar-refractivity contribution is 0.626. The zero-order valence-electron chi connectivity index (χ0n) is 30.8. The van der Waals surface area contributed by atoms with E-state index in [1.165, 1.54) is 44.2 Å². The molecule has 0 N–H and O–H groups in total. The molecule has 0 amide bonds. The Balaban J connectivity index is 0.00000190. The van der Waals surface area contributed by atoms with Crippen LogP contribution in [0.1, 0.15) is 63.8 Å². The minimum Gasteiger partial charge on any atom is -0.322 e. The quantitative estimate of drug-likeness (QED) is 0.176. The third-order valence-corrected chi connectivity index (χ3v) is 10.9. The molecule has 0 saturated heterocycles. The molecule has 0 saturated carbocycles. The molecule has 0 bridgehead atoms. The Morgan fingerprint density at radius 2 is 0.731 bits per heavy atom. The minimum atomic E-state index is -0.150. The maximum Gasteiger partial charge on any atom is 0.0882 e. The molecule has 4 heterocycles. The van der Waals surface area contributed by atoms with Crippen molar-refractivity contribution in [1.29, 1.82) is 0 Å². The van der Waals surface area contributed by atoms with Gasteiger partial charge in [-0.05, 0) is 70.8 Å². The Bertz CT molecular complexity index is 2380. The summed E-state index contributed by atoms with van der Waals surface area (Å²) < 4.78 is 4.32. The predicted octanol–water partition coefficient (Wildman–Crippen LogP) is 12.3. The highest BCUT2D eigenvalue weighted by Crippen LogP contribution is 2.37. The second-order valence-corrected chi connectivity index (χ2v) is 14.5. The summed E-state index contributed by atoms with van der Waals surface area (Å²) in [6.07, 6.45) is 8.52. The molecule has 0 aliphatic carbocycles. The topological polar surface area (TPSA) is 35.6 Å². The number of benzene rings is 5. The Morgan fingerprint density at radius 1 is 0.404 bits per heavy atom. The molecule has 0 fully saturated rings. The Hall–Kier alpha value is -6.00. The molecule has 0 radical (unpaired) electrons. The monoisotopic (exact) mass is 676 g/mol. The van der Waals surface area contributed by atoms with Crippen molar-refractivity contribution in [2.24, 2.45) is 0 Å². The van der Waals surface area contributed by atoms with E-state index >= 15 is 0 Å². The largest absolute Gasteiger partial charge is 0.322 e. The average molecular weight is 677 g/mol. The van der Waals surface area contributed by atoms with Crippen LogP contribution in [0, 0.1) is 0 Å². The van der Waals surface area contributed by atoms with Crippen LogP contribution >= 0.6 is 0 Å². The lowest BCUT2D eigenvalue weighted by atomic mass is 9.74. The van der Waals surface area contributed by atoms with E-state index in [0.717, 1.165) is 33.8 Å². The van der Waals surface area contributed by atoms with Crippen molar-refractivity contribution < 1.29 is 0 Å². The van der Waals surface area contributed by atoms with E-state index in [9.17, 15) is 0 Å². The molecule has 5 aromatic carbocycles. The Labute approximate surface area is 306 Å². The van der Waals surface area contributed by atoms with Gasteiger partial charge in [0, 0.05) is 68.9 Å². The van der Waals surface area contributed by atoms with Gasteiger partial charge in [-0.25, -0.2) is 9.97 Å². The zero-order chi connectivity index (χ0) is 36.0. The molecule has 4 aliphatic rings. The first-order chi connectivity index (χ1) is 25.3. The minimum absolute atomic E-state index is 0.150. The predicted molar refractivity (Wildman–Crippen MR) is 217 cm³/mol. The molecule has 4 heteroatoms. The summed E-state index contributed by atoms with van der Waals surface area (Å²) in [5, 5.41) is 2.40. The van der Waals surface area contributed by atoms with E-state index in [-0.39, 0.29) is 10.8 Å². The first kappa shape index (κ1) is 33.2. The summed E-state index contributed by atoms with van der Waals surface area (Å²) in [7, 11) is 0. The number of hydrogen-bond donors (Lipinski definition) is 0. The summed E-state index contributed by atoms with van der Waals surface area (Å²) in [6, 6.07) is 48.1. The summed E-state index contributed by atoms with van der Waals surface area (Å²) in [5.74, 6) is 0. The van der Waals surface area contributed by atoms with Crippen molar-refractivity contribution in [3.8, 4) is 33.9 Å².